The van der Waals surface area contributed by atoms with Gasteiger partial charge in [0.1, 0.15) is 5.60 Å². The lowest BCUT2D eigenvalue weighted by molar-refractivity contribution is -0.126. The predicted octanol–water partition coefficient (Wildman–Crippen LogP) is 3.35. The van der Waals surface area contributed by atoms with Gasteiger partial charge in [-0.25, -0.2) is 22.9 Å². The van der Waals surface area contributed by atoms with Crippen LogP contribution >= 0.6 is 0 Å². The number of carbonyl (C=O) groups excluding carboxylic acids is 2. The average molecular weight is 315 g/mol. The van der Waals surface area contributed by atoms with Gasteiger partial charge in [-0.3, -0.25) is 4.79 Å². The topological polar surface area (TPSA) is 46.6 Å². The first-order valence-corrected chi connectivity index (χ1v) is 6.76. The Balaban J connectivity index is 2.17. The van der Waals surface area contributed by atoms with Crippen LogP contribution in [0.1, 0.15) is 38.7 Å². The largest absolute Gasteiger partial charge is 0.443 e. The van der Waals surface area contributed by atoms with E-state index in [9.17, 15) is 22.8 Å². The van der Waals surface area contributed by atoms with E-state index in [1.54, 1.807) is 20.8 Å². The van der Waals surface area contributed by atoms with Crippen molar-refractivity contribution in [3.63, 3.8) is 0 Å². The number of rotatable bonds is 1. The molecule has 0 aliphatic carbocycles. The summed E-state index contributed by atoms with van der Waals surface area (Å²) < 4.78 is 44.6. The zero-order valence-corrected chi connectivity index (χ0v) is 12.5. The Morgan fingerprint density at radius 1 is 1.23 bits per heavy atom. The molecule has 22 heavy (non-hydrogen) atoms. The van der Waals surface area contributed by atoms with E-state index in [-0.39, 0.29) is 18.5 Å². The fourth-order valence-electron chi connectivity index (χ4n) is 2.24. The second-order valence-electron chi connectivity index (χ2n) is 6.18. The van der Waals surface area contributed by atoms with Crippen molar-refractivity contribution in [2.45, 2.75) is 38.7 Å². The number of hydrogen-bond acceptors (Lipinski definition) is 3. The Kier molecular flexibility index (Phi) is 4.17. The van der Waals surface area contributed by atoms with Gasteiger partial charge in [0.2, 0.25) is 5.91 Å². The molecule has 1 aromatic carbocycles. The number of likely N-dealkylation sites (tertiary alicyclic amines) is 1. The highest BCUT2D eigenvalue weighted by atomic mass is 19.2. The van der Waals surface area contributed by atoms with E-state index in [0.717, 1.165) is 17.0 Å². The van der Waals surface area contributed by atoms with Crippen LogP contribution in [0.4, 0.5) is 18.0 Å². The van der Waals surface area contributed by atoms with Crippen LogP contribution < -0.4 is 0 Å². The highest BCUT2D eigenvalue weighted by Crippen LogP contribution is 2.31. The standard InChI is InChI=1S/C15H16F3NO3/c1-15(2,3)22-14(21)19-7-9(6-12(19)20)8-4-10(16)13(18)11(17)5-8/h4-5,9H,6-7H2,1-3H3/t9-/m1/s1. The number of hydrogen-bond donors (Lipinski definition) is 0. The lowest BCUT2D eigenvalue weighted by atomic mass is 9.98. The van der Waals surface area contributed by atoms with E-state index in [2.05, 4.69) is 0 Å². The summed E-state index contributed by atoms with van der Waals surface area (Å²) in [7, 11) is 0. The number of halogens is 3. The van der Waals surface area contributed by atoms with Crippen LogP contribution in [0.2, 0.25) is 0 Å². The van der Waals surface area contributed by atoms with Crippen LogP contribution in [0.15, 0.2) is 12.1 Å². The third-order valence-corrected chi connectivity index (χ3v) is 3.22. The molecule has 4 nitrogen and oxygen atoms in total. The molecule has 0 N–H and O–H groups in total. The molecule has 0 radical (unpaired) electrons. The molecule has 1 aliphatic rings. The summed E-state index contributed by atoms with van der Waals surface area (Å²) >= 11 is 0. The van der Waals surface area contributed by atoms with Gasteiger partial charge >= 0.3 is 6.09 Å². The molecule has 0 aromatic heterocycles. The van der Waals surface area contributed by atoms with Crippen molar-refractivity contribution in [1.29, 1.82) is 0 Å². The number of imide groups is 1. The molecule has 0 saturated carbocycles. The molecule has 1 aliphatic heterocycles. The van der Waals surface area contributed by atoms with Crippen molar-refractivity contribution >= 4 is 12.0 Å². The van der Waals surface area contributed by atoms with Crippen molar-refractivity contribution in [3.05, 3.63) is 35.1 Å². The van der Waals surface area contributed by atoms with Gasteiger partial charge in [-0.05, 0) is 38.5 Å². The Morgan fingerprint density at radius 3 is 2.27 bits per heavy atom. The number of carbonyl (C=O) groups is 2. The summed E-state index contributed by atoms with van der Waals surface area (Å²) in [5.74, 6) is -5.29. The molecule has 0 unspecified atom stereocenters. The highest BCUT2D eigenvalue weighted by molar-refractivity contribution is 5.94. The summed E-state index contributed by atoms with van der Waals surface area (Å²) in [5.41, 5.74) is -0.625. The normalized spacial score (nSPS) is 18.7. The van der Waals surface area contributed by atoms with Crippen LogP contribution in [-0.4, -0.2) is 29.0 Å². The second kappa shape index (κ2) is 5.62. The molecule has 1 aromatic rings. The Morgan fingerprint density at radius 2 is 1.77 bits per heavy atom. The van der Waals surface area contributed by atoms with Gasteiger partial charge < -0.3 is 4.74 Å². The van der Waals surface area contributed by atoms with Gasteiger partial charge in [0.25, 0.3) is 0 Å². The minimum atomic E-state index is -1.56. The zero-order chi connectivity index (χ0) is 16.7. The Labute approximate surface area is 125 Å². The van der Waals surface area contributed by atoms with E-state index < -0.39 is 41.0 Å². The predicted molar refractivity (Wildman–Crippen MR) is 71.6 cm³/mol. The number of nitrogens with zero attached hydrogens (tertiary/aromatic N) is 1. The first-order chi connectivity index (χ1) is 10.1. The molecule has 1 heterocycles. The fraction of sp³-hybridized carbons (Fsp3) is 0.467. The summed E-state index contributed by atoms with van der Waals surface area (Å²) in [6.07, 6.45) is -0.896. The third-order valence-electron chi connectivity index (χ3n) is 3.22. The number of benzene rings is 1. The van der Waals surface area contributed by atoms with Gasteiger partial charge in [0, 0.05) is 18.9 Å². The van der Waals surface area contributed by atoms with Gasteiger partial charge in [0.15, 0.2) is 17.5 Å². The molecule has 0 bridgehead atoms. The SMILES string of the molecule is CC(C)(C)OC(=O)N1C[C@H](c2cc(F)c(F)c(F)c2)CC1=O. The smallest absolute Gasteiger partial charge is 0.417 e. The quantitative estimate of drug-likeness (QED) is 0.747. The van der Waals surface area contributed by atoms with E-state index in [4.69, 9.17) is 4.74 Å². The first-order valence-electron chi connectivity index (χ1n) is 6.76. The molecule has 1 fully saturated rings. The van der Waals surface area contributed by atoms with E-state index in [1.807, 2.05) is 0 Å². The lowest BCUT2D eigenvalue weighted by Gasteiger charge is -2.23. The zero-order valence-electron chi connectivity index (χ0n) is 12.5. The molecule has 1 atom stereocenters. The van der Waals surface area contributed by atoms with Crippen LogP contribution in [0.3, 0.4) is 0 Å². The molecule has 120 valence electrons. The van der Waals surface area contributed by atoms with Crippen molar-refractivity contribution in [1.82, 2.24) is 4.90 Å². The van der Waals surface area contributed by atoms with Gasteiger partial charge in [-0.15, -0.1) is 0 Å². The highest BCUT2D eigenvalue weighted by Gasteiger charge is 2.37. The summed E-state index contributed by atoms with van der Waals surface area (Å²) in [5, 5.41) is 0. The Hall–Kier alpha value is -2.05. The monoisotopic (exact) mass is 315 g/mol. The Bertz CT molecular complexity index is 602. The van der Waals surface area contributed by atoms with Crippen molar-refractivity contribution < 1.29 is 27.5 Å². The summed E-state index contributed by atoms with van der Waals surface area (Å²) in [4.78, 5) is 24.7. The molecular weight excluding hydrogens is 299 g/mol. The van der Waals surface area contributed by atoms with Gasteiger partial charge in [-0.2, -0.15) is 0 Å². The minimum Gasteiger partial charge on any atom is -0.443 e. The lowest BCUT2D eigenvalue weighted by Crippen LogP contribution is -2.37. The van der Waals surface area contributed by atoms with Crippen LogP contribution in [-0.2, 0) is 9.53 Å². The molecule has 1 saturated heterocycles. The van der Waals surface area contributed by atoms with E-state index >= 15 is 0 Å². The third kappa shape index (κ3) is 3.40. The molecule has 0 spiro atoms. The summed E-state index contributed by atoms with van der Waals surface area (Å²) in [6, 6.07) is 1.68. The fourth-order valence-corrected chi connectivity index (χ4v) is 2.24. The minimum absolute atomic E-state index is 0.0573. The maximum absolute atomic E-state index is 13.3. The van der Waals surface area contributed by atoms with Gasteiger partial charge in [-0.1, -0.05) is 0 Å². The summed E-state index contributed by atoms with van der Waals surface area (Å²) in [6.45, 7) is 4.92. The van der Waals surface area contributed by atoms with Crippen molar-refractivity contribution in [3.8, 4) is 0 Å². The van der Waals surface area contributed by atoms with Crippen LogP contribution in [0.5, 0.6) is 0 Å². The number of amides is 2. The molecular formula is C15H16F3NO3. The maximum atomic E-state index is 13.3. The van der Waals surface area contributed by atoms with Crippen molar-refractivity contribution in [2.75, 3.05) is 6.54 Å². The van der Waals surface area contributed by atoms with Crippen LogP contribution in [0.25, 0.3) is 0 Å². The van der Waals surface area contributed by atoms with Gasteiger partial charge in [0.05, 0.1) is 0 Å². The molecule has 2 amide bonds. The molecule has 2 rings (SSSR count). The maximum Gasteiger partial charge on any atom is 0.417 e. The van der Waals surface area contributed by atoms with Crippen molar-refractivity contribution in [2.24, 2.45) is 0 Å². The average Bonchev–Trinajstić information content (AvgIpc) is 2.75. The van der Waals surface area contributed by atoms with E-state index in [0.29, 0.717) is 0 Å². The first kappa shape index (κ1) is 16.3. The second-order valence-corrected chi connectivity index (χ2v) is 6.18. The van der Waals surface area contributed by atoms with Crippen LogP contribution in [0, 0.1) is 17.5 Å². The number of ether oxygens (including phenoxy) is 1. The molecule has 7 heteroatoms. The van der Waals surface area contributed by atoms with E-state index in [1.165, 1.54) is 0 Å².